The second kappa shape index (κ2) is 8.98. The zero-order chi connectivity index (χ0) is 21.0. The highest BCUT2D eigenvalue weighted by atomic mass is 16.5. The number of hydrogen-bond acceptors (Lipinski definition) is 6. The lowest BCUT2D eigenvalue weighted by atomic mass is 9.85. The molecule has 0 saturated carbocycles. The Morgan fingerprint density at radius 1 is 1.00 bits per heavy atom. The number of hydrogen-bond donors (Lipinski definition) is 1. The van der Waals surface area contributed by atoms with Gasteiger partial charge in [-0.05, 0) is 30.5 Å². The van der Waals surface area contributed by atoms with Crippen LogP contribution in [0.2, 0.25) is 0 Å². The Morgan fingerprint density at radius 2 is 1.55 bits per heavy atom. The fourth-order valence-corrected chi connectivity index (χ4v) is 3.83. The summed E-state index contributed by atoms with van der Waals surface area (Å²) < 4.78 is 15.9. The topological polar surface area (TPSA) is 94.2 Å². The second-order valence-corrected chi connectivity index (χ2v) is 7.04. The first-order chi connectivity index (χ1) is 14.0. The molecule has 2 atom stereocenters. The standard InChI is InChI=1S/C21H26N2O6/c1-27-16-10-13(11-17(28-2)19(16)29-3)12-22-18(24)8-9-23-20(25)14-6-4-5-7-15(14)21(23)26/h4-5,10-11,14-15H,6-9,12H2,1-3H3,(H,22,24)/t14-,15+. The van der Waals surface area contributed by atoms with E-state index in [-0.39, 0.29) is 49.1 Å². The Bertz CT molecular complexity index is 783. The summed E-state index contributed by atoms with van der Waals surface area (Å²) in [6, 6.07) is 3.51. The van der Waals surface area contributed by atoms with Gasteiger partial charge in [0.05, 0.1) is 33.2 Å². The number of amides is 3. The van der Waals surface area contributed by atoms with Crippen molar-refractivity contribution in [2.45, 2.75) is 25.8 Å². The number of benzene rings is 1. The van der Waals surface area contributed by atoms with Crippen LogP contribution in [0.4, 0.5) is 0 Å². The predicted molar refractivity (Wildman–Crippen MR) is 105 cm³/mol. The van der Waals surface area contributed by atoms with Crippen molar-refractivity contribution in [1.29, 1.82) is 0 Å². The summed E-state index contributed by atoms with van der Waals surface area (Å²) in [6.07, 6.45) is 5.15. The molecule has 3 rings (SSSR count). The van der Waals surface area contributed by atoms with Gasteiger partial charge in [-0.25, -0.2) is 0 Å². The van der Waals surface area contributed by atoms with Crippen molar-refractivity contribution in [3.8, 4) is 17.2 Å². The summed E-state index contributed by atoms with van der Waals surface area (Å²) in [7, 11) is 4.57. The average molecular weight is 402 g/mol. The van der Waals surface area contributed by atoms with Crippen molar-refractivity contribution in [1.82, 2.24) is 10.2 Å². The molecule has 0 unspecified atom stereocenters. The summed E-state index contributed by atoms with van der Waals surface area (Å²) in [4.78, 5) is 38.4. The first-order valence-corrected chi connectivity index (χ1v) is 9.56. The van der Waals surface area contributed by atoms with Gasteiger partial charge in [-0.15, -0.1) is 0 Å². The second-order valence-electron chi connectivity index (χ2n) is 7.04. The molecule has 1 N–H and O–H groups in total. The predicted octanol–water partition coefficient (Wildman–Crippen LogP) is 1.67. The molecule has 1 aliphatic carbocycles. The van der Waals surface area contributed by atoms with Gasteiger partial charge in [0.1, 0.15) is 0 Å². The van der Waals surface area contributed by atoms with Crippen molar-refractivity contribution in [2.24, 2.45) is 11.8 Å². The van der Waals surface area contributed by atoms with Crippen LogP contribution in [-0.2, 0) is 20.9 Å². The summed E-state index contributed by atoms with van der Waals surface area (Å²) in [6.45, 7) is 0.359. The fraction of sp³-hybridized carbons (Fsp3) is 0.476. The van der Waals surface area contributed by atoms with Crippen molar-refractivity contribution >= 4 is 17.7 Å². The Kier molecular flexibility index (Phi) is 6.41. The maximum Gasteiger partial charge on any atom is 0.233 e. The SMILES string of the molecule is COc1cc(CNC(=O)CCN2C(=O)[C@H]3CC=CC[C@H]3C2=O)cc(OC)c1OC. The van der Waals surface area contributed by atoms with Crippen molar-refractivity contribution < 1.29 is 28.6 Å². The fourth-order valence-electron chi connectivity index (χ4n) is 3.83. The molecule has 1 fully saturated rings. The number of carbonyl (C=O) groups excluding carboxylic acids is 3. The quantitative estimate of drug-likeness (QED) is 0.525. The Balaban J connectivity index is 1.56. The molecule has 29 heavy (non-hydrogen) atoms. The van der Waals surface area contributed by atoms with E-state index in [4.69, 9.17) is 14.2 Å². The summed E-state index contributed by atoms with van der Waals surface area (Å²) >= 11 is 0. The number of likely N-dealkylation sites (tertiary alicyclic amines) is 1. The highest BCUT2D eigenvalue weighted by Crippen LogP contribution is 2.38. The number of nitrogens with one attached hydrogen (secondary N) is 1. The van der Waals surface area contributed by atoms with E-state index in [1.165, 1.54) is 26.2 Å². The average Bonchev–Trinajstić information content (AvgIpc) is 2.99. The molecule has 1 heterocycles. The summed E-state index contributed by atoms with van der Waals surface area (Å²) in [5.41, 5.74) is 0.776. The highest BCUT2D eigenvalue weighted by Gasteiger charge is 2.46. The maximum atomic E-state index is 12.4. The molecule has 1 saturated heterocycles. The number of allylic oxidation sites excluding steroid dienone is 2. The smallest absolute Gasteiger partial charge is 0.233 e. The normalized spacial score (nSPS) is 20.4. The number of ether oxygens (including phenoxy) is 3. The van der Waals surface area contributed by atoms with Crippen LogP contribution in [0.5, 0.6) is 17.2 Å². The molecule has 3 amide bonds. The molecule has 1 aliphatic heterocycles. The molecule has 2 aliphatic rings. The Hall–Kier alpha value is -3.03. The molecule has 8 heteroatoms. The lowest BCUT2D eigenvalue weighted by molar-refractivity contribution is -0.140. The largest absolute Gasteiger partial charge is 0.493 e. The van der Waals surface area contributed by atoms with Crippen LogP contribution in [0, 0.1) is 11.8 Å². The molecule has 0 bridgehead atoms. The van der Waals surface area contributed by atoms with Gasteiger partial charge in [-0.3, -0.25) is 19.3 Å². The molecule has 1 aromatic rings. The van der Waals surface area contributed by atoms with Gasteiger partial charge >= 0.3 is 0 Å². The monoisotopic (exact) mass is 402 g/mol. The molecule has 1 aromatic carbocycles. The minimum absolute atomic E-state index is 0.0643. The third-order valence-electron chi connectivity index (χ3n) is 5.38. The lowest BCUT2D eigenvalue weighted by Gasteiger charge is -2.16. The van der Waals surface area contributed by atoms with Crippen LogP contribution in [-0.4, -0.2) is 50.5 Å². The minimum Gasteiger partial charge on any atom is -0.493 e. The van der Waals surface area contributed by atoms with E-state index in [2.05, 4.69) is 5.32 Å². The van der Waals surface area contributed by atoms with Gasteiger partial charge in [0.25, 0.3) is 0 Å². The van der Waals surface area contributed by atoms with E-state index >= 15 is 0 Å². The van der Waals surface area contributed by atoms with Crippen LogP contribution in [0.15, 0.2) is 24.3 Å². The van der Waals surface area contributed by atoms with Crippen LogP contribution in [0.3, 0.4) is 0 Å². The minimum atomic E-state index is -0.269. The molecular weight excluding hydrogens is 376 g/mol. The number of rotatable bonds is 8. The van der Waals surface area contributed by atoms with Crippen LogP contribution in [0.1, 0.15) is 24.8 Å². The number of carbonyl (C=O) groups is 3. The number of fused-ring (bicyclic) bond motifs is 1. The third-order valence-corrected chi connectivity index (χ3v) is 5.38. The summed E-state index contributed by atoms with van der Waals surface area (Å²) in [5.74, 6) is 0.369. The van der Waals surface area contributed by atoms with E-state index in [1.54, 1.807) is 12.1 Å². The number of methoxy groups -OCH3 is 3. The molecule has 0 aromatic heterocycles. The highest BCUT2D eigenvalue weighted by molar-refractivity contribution is 6.05. The molecule has 0 radical (unpaired) electrons. The van der Waals surface area contributed by atoms with E-state index < -0.39 is 0 Å². The van der Waals surface area contributed by atoms with E-state index in [9.17, 15) is 14.4 Å². The van der Waals surface area contributed by atoms with E-state index in [0.717, 1.165) is 5.56 Å². The maximum absolute atomic E-state index is 12.4. The Morgan fingerprint density at radius 3 is 2.03 bits per heavy atom. The first kappa shape index (κ1) is 20.7. The number of imide groups is 1. The van der Waals surface area contributed by atoms with E-state index in [1.807, 2.05) is 12.2 Å². The van der Waals surface area contributed by atoms with Crippen molar-refractivity contribution in [3.63, 3.8) is 0 Å². The van der Waals surface area contributed by atoms with Gasteiger partial charge in [-0.2, -0.15) is 0 Å². The van der Waals surface area contributed by atoms with Crippen LogP contribution < -0.4 is 19.5 Å². The van der Waals surface area contributed by atoms with Gasteiger partial charge in [0.2, 0.25) is 23.5 Å². The number of nitrogens with zero attached hydrogens (tertiary/aromatic N) is 1. The lowest BCUT2D eigenvalue weighted by Crippen LogP contribution is -2.35. The Labute approximate surface area is 169 Å². The molecule has 0 spiro atoms. The molecule has 8 nitrogen and oxygen atoms in total. The third kappa shape index (κ3) is 4.21. The van der Waals surface area contributed by atoms with Crippen LogP contribution in [0.25, 0.3) is 0 Å². The van der Waals surface area contributed by atoms with Crippen molar-refractivity contribution in [2.75, 3.05) is 27.9 Å². The zero-order valence-corrected chi connectivity index (χ0v) is 16.9. The van der Waals surface area contributed by atoms with Gasteiger partial charge in [0.15, 0.2) is 11.5 Å². The van der Waals surface area contributed by atoms with Crippen LogP contribution >= 0.6 is 0 Å². The van der Waals surface area contributed by atoms with Gasteiger partial charge in [0, 0.05) is 19.5 Å². The van der Waals surface area contributed by atoms with Gasteiger partial charge in [-0.1, -0.05) is 12.2 Å². The van der Waals surface area contributed by atoms with Crippen molar-refractivity contribution in [3.05, 3.63) is 29.8 Å². The molecule has 156 valence electrons. The zero-order valence-electron chi connectivity index (χ0n) is 16.9. The van der Waals surface area contributed by atoms with E-state index in [0.29, 0.717) is 30.1 Å². The summed E-state index contributed by atoms with van der Waals surface area (Å²) in [5, 5.41) is 2.80. The molecular formula is C21H26N2O6. The first-order valence-electron chi connectivity index (χ1n) is 9.56. The van der Waals surface area contributed by atoms with Gasteiger partial charge < -0.3 is 19.5 Å².